The van der Waals surface area contributed by atoms with Crippen LogP contribution in [0.2, 0.25) is 0 Å². The highest BCUT2D eigenvalue weighted by Gasteiger charge is 2.34. The molecule has 1 aromatic rings. The van der Waals surface area contributed by atoms with Gasteiger partial charge in [-0.2, -0.15) is 0 Å². The zero-order valence-corrected chi connectivity index (χ0v) is 8.66. The Kier molecular flexibility index (Phi) is 1.87. The van der Waals surface area contributed by atoms with Crippen LogP contribution < -0.4 is 0 Å². The maximum atomic E-state index is 8.93. The normalized spacial score (nSPS) is 22.4. The molecule has 0 spiro atoms. The minimum Gasteiger partial charge on any atom is -0.411 e. The van der Waals surface area contributed by atoms with E-state index >= 15 is 0 Å². The number of aryl methyl sites for hydroxylation is 1. The second-order valence-corrected chi connectivity index (χ2v) is 4.63. The van der Waals surface area contributed by atoms with Crippen molar-refractivity contribution in [1.82, 2.24) is 5.16 Å². The molecule has 0 unspecified atom stereocenters. The number of fused-ring (bicyclic) bond motifs is 1. The van der Waals surface area contributed by atoms with Crippen molar-refractivity contribution in [3.05, 3.63) is 17.0 Å². The molecule has 1 aliphatic rings. The molecule has 2 rings (SSSR count). The fourth-order valence-corrected chi connectivity index (χ4v) is 2.03. The SMILES string of the molecule is Cc1noc2c1/C(=N/O)CC(C)(C)C2. The van der Waals surface area contributed by atoms with E-state index in [1.54, 1.807) is 0 Å². The topological polar surface area (TPSA) is 58.6 Å². The average Bonchev–Trinajstić information content (AvgIpc) is 2.44. The first-order chi connectivity index (χ1) is 6.53. The average molecular weight is 194 g/mol. The summed E-state index contributed by atoms with van der Waals surface area (Å²) in [5.74, 6) is 0.839. The molecule has 4 nitrogen and oxygen atoms in total. The van der Waals surface area contributed by atoms with E-state index in [2.05, 4.69) is 24.2 Å². The molecule has 0 saturated carbocycles. The monoisotopic (exact) mass is 194 g/mol. The summed E-state index contributed by atoms with van der Waals surface area (Å²) in [6.07, 6.45) is 1.61. The van der Waals surface area contributed by atoms with Gasteiger partial charge in [-0.25, -0.2) is 0 Å². The van der Waals surface area contributed by atoms with Crippen LogP contribution in [0.4, 0.5) is 0 Å². The van der Waals surface area contributed by atoms with Gasteiger partial charge in [0.1, 0.15) is 5.76 Å². The van der Waals surface area contributed by atoms with Crippen LogP contribution in [0, 0.1) is 12.3 Å². The third-order valence-corrected chi connectivity index (χ3v) is 2.63. The lowest BCUT2D eigenvalue weighted by Crippen LogP contribution is -2.26. The third kappa shape index (κ3) is 1.31. The first kappa shape index (κ1) is 9.24. The van der Waals surface area contributed by atoms with Crippen LogP contribution in [0.1, 0.15) is 37.3 Å². The van der Waals surface area contributed by atoms with Gasteiger partial charge in [-0.1, -0.05) is 24.2 Å². The molecule has 14 heavy (non-hydrogen) atoms. The lowest BCUT2D eigenvalue weighted by Gasteiger charge is -2.28. The van der Waals surface area contributed by atoms with Gasteiger partial charge in [0.2, 0.25) is 0 Å². The molecule has 4 heteroatoms. The van der Waals surface area contributed by atoms with Crippen LogP contribution in [0.15, 0.2) is 9.68 Å². The molecule has 1 aliphatic carbocycles. The van der Waals surface area contributed by atoms with Crippen molar-refractivity contribution in [3.8, 4) is 0 Å². The van der Waals surface area contributed by atoms with Crippen LogP contribution in [-0.4, -0.2) is 16.1 Å². The maximum absolute atomic E-state index is 8.93. The number of hydrogen-bond acceptors (Lipinski definition) is 4. The molecule has 0 atom stereocenters. The summed E-state index contributed by atoms with van der Waals surface area (Å²) >= 11 is 0. The molecule has 0 aromatic carbocycles. The first-order valence-corrected chi connectivity index (χ1v) is 4.70. The van der Waals surface area contributed by atoms with Gasteiger partial charge in [0.05, 0.1) is 17.0 Å². The molecule has 0 bridgehead atoms. The molecular formula is C10H14N2O2. The fourth-order valence-electron chi connectivity index (χ4n) is 2.03. The standard InChI is InChI=1S/C10H14N2O2/c1-6-9-7(11-13)4-10(2,3)5-8(9)14-12-6/h13H,4-5H2,1-3H3/b11-7+. The van der Waals surface area contributed by atoms with Gasteiger partial charge >= 0.3 is 0 Å². The lowest BCUT2D eigenvalue weighted by molar-refractivity contribution is 0.285. The van der Waals surface area contributed by atoms with Crippen molar-refractivity contribution in [2.75, 3.05) is 0 Å². The summed E-state index contributed by atoms with van der Waals surface area (Å²) in [5, 5.41) is 16.2. The molecule has 1 aromatic heterocycles. The predicted molar refractivity (Wildman–Crippen MR) is 51.7 cm³/mol. The maximum Gasteiger partial charge on any atom is 0.146 e. The van der Waals surface area contributed by atoms with E-state index in [0.29, 0.717) is 5.71 Å². The molecule has 0 fully saturated rings. The highest BCUT2D eigenvalue weighted by Crippen LogP contribution is 2.36. The second kappa shape index (κ2) is 2.83. The Bertz CT molecular complexity index is 391. The third-order valence-electron chi connectivity index (χ3n) is 2.63. The molecular weight excluding hydrogens is 180 g/mol. The summed E-state index contributed by atoms with van der Waals surface area (Å²) in [6, 6.07) is 0. The van der Waals surface area contributed by atoms with Crippen LogP contribution >= 0.6 is 0 Å². The van der Waals surface area contributed by atoms with Crippen molar-refractivity contribution in [2.45, 2.75) is 33.6 Å². The van der Waals surface area contributed by atoms with Gasteiger partial charge in [-0.3, -0.25) is 0 Å². The minimum absolute atomic E-state index is 0.0839. The van der Waals surface area contributed by atoms with E-state index < -0.39 is 0 Å². The predicted octanol–water partition coefficient (Wildman–Crippen LogP) is 2.13. The Morgan fingerprint density at radius 3 is 2.79 bits per heavy atom. The molecule has 0 saturated heterocycles. The van der Waals surface area contributed by atoms with Crippen molar-refractivity contribution in [2.24, 2.45) is 10.6 Å². The van der Waals surface area contributed by atoms with Gasteiger partial charge < -0.3 is 9.73 Å². The van der Waals surface area contributed by atoms with Crippen molar-refractivity contribution in [1.29, 1.82) is 0 Å². The number of hydrogen-bond donors (Lipinski definition) is 1. The lowest BCUT2D eigenvalue weighted by atomic mass is 9.76. The van der Waals surface area contributed by atoms with E-state index in [4.69, 9.17) is 9.73 Å². The highest BCUT2D eigenvalue weighted by atomic mass is 16.5. The number of rotatable bonds is 0. The molecule has 76 valence electrons. The second-order valence-electron chi connectivity index (χ2n) is 4.63. The number of nitrogens with zero attached hydrogens (tertiary/aromatic N) is 2. The van der Waals surface area contributed by atoms with E-state index in [0.717, 1.165) is 29.9 Å². The summed E-state index contributed by atoms with van der Waals surface area (Å²) < 4.78 is 5.21. The van der Waals surface area contributed by atoms with Crippen LogP contribution in [-0.2, 0) is 6.42 Å². The molecule has 0 radical (unpaired) electrons. The van der Waals surface area contributed by atoms with E-state index in [-0.39, 0.29) is 5.41 Å². The minimum atomic E-state index is 0.0839. The zero-order valence-electron chi connectivity index (χ0n) is 8.66. The largest absolute Gasteiger partial charge is 0.411 e. The first-order valence-electron chi connectivity index (χ1n) is 4.70. The summed E-state index contributed by atoms with van der Waals surface area (Å²) in [6.45, 7) is 6.11. The van der Waals surface area contributed by atoms with Crippen molar-refractivity contribution in [3.63, 3.8) is 0 Å². The number of oxime groups is 1. The Morgan fingerprint density at radius 1 is 1.43 bits per heavy atom. The van der Waals surface area contributed by atoms with Gasteiger partial charge in [0.25, 0.3) is 0 Å². The number of aromatic nitrogens is 1. The summed E-state index contributed by atoms with van der Waals surface area (Å²) in [5.41, 5.74) is 2.48. The smallest absolute Gasteiger partial charge is 0.146 e. The van der Waals surface area contributed by atoms with Crippen molar-refractivity contribution < 1.29 is 9.73 Å². The Hall–Kier alpha value is -1.32. The Morgan fingerprint density at radius 2 is 2.14 bits per heavy atom. The van der Waals surface area contributed by atoms with E-state index in [1.807, 2.05) is 6.92 Å². The Balaban J connectivity index is 2.54. The van der Waals surface area contributed by atoms with Gasteiger partial charge in [-0.05, 0) is 18.8 Å². The molecule has 0 aliphatic heterocycles. The summed E-state index contributed by atoms with van der Waals surface area (Å²) in [4.78, 5) is 0. The van der Waals surface area contributed by atoms with Gasteiger partial charge in [0, 0.05) is 6.42 Å². The van der Waals surface area contributed by atoms with Crippen LogP contribution in [0.3, 0.4) is 0 Å². The van der Waals surface area contributed by atoms with E-state index in [1.165, 1.54) is 0 Å². The zero-order chi connectivity index (χ0) is 10.3. The molecule has 1 heterocycles. The Labute approximate surface area is 82.6 Å². The quantitative estimate of drug-likeness (QED) is 0.508. The van der Waals surface area contributed by atoms with Crippen LogP contribution in [0.5, 0.6) is 0 Å². The van der Waals surface area contributed by atoms with Gasteiger partial charge in [-0.15, -0.1) is 0 Å². The fraction of sp³-hybridized carbons (Fsp3) is 0.600. The molecule has 1 N–H and O–H groups in total. The van der Waals surface area contributed by atoms with Crippen LogP contribution in [0.25, 0.3) is 0 Å². The van der Waals surface area contributed by atoms with Crippen molar-refractivity contribution >= 4 is 5.71 Å². The van der Waals surface area contributed by atoms with Gasteiger partial charge in [0.15, 0.2) is 0 Å². The van der Waals surface area contributed by atoms with E-state index in [9.17, 15) is 0 Å². The summed E-state index contributed by atoms with van der Waals surface area (Å²) in [7, 11) is 0. The molecule has 0 amide bonds. The highest BCUT2D eigenvalue weighted by molar-refractivity contribution is 6.03.